The van der Waals surface area contributed by atoms with E-state index < -0.39 is 12.2 Å². The first kappa shape index (κ1) is 34.4. The van der Waals surface area contributed by atoms with Gasteiger partial charge in [-0.25, -0.2) is 0 Å². The number of phenolic OH excluding ortho intramolecular Hbond substituents is 3. The SMILES string of the molecule is COc1c(O)c(O)cc(C2CC(O)C3CCC(c4ccc(O)c(C5C=CCC6CC(NC7CCCCC7)C=CC65)c4)CC3O2)c1Cc1cc[n-]c1. The quantitative estimate of drug-likeness (QED) is 0.120. The van der Waals surface area contributed by atoms with E-state index in [4.69, 9.17) is 9.47 Å². The van der Waals surface area contributed by atoms with Crippen LogP contribution in [0.1, 0.15) is 116 Å². The number of nitrogens with one attached hydrogen (secondary N) is 1. The summed E-state index contributed by atoms with van der Waals surface area (Å²) in [5, 5.41) is 48.1. The zero-order valence-electron chi connectivity index (χ0n) is 29.7. The Morgan fingerprint density at radius 1 is 0.902 bits per heavy atom. The van der Waals surface area contributed by atoms with Crippen LogP contribution in [0.5, 0.6) is 23.0 Å². The number of benzene rings is 2. The minimum Gasteiger partial charge on any atom is -0.670 e. The lowest BCUT2D eigenvalue weighted by atomic mass is 9.67. The van der Waals surface area contributed by atoms with Crippen LogP contribution < -0.4 is 15.0 Å². The Labute approximate surface area is 301 Å². The van der Waals surface area contributed by atoms with E-state index in [1.165, 1.54) is 44.8 Å². The predicted molar refractivity (Wildman–Crippen MR) is 196 cm³/mol. The number of rotatable bonds is 8. The van der Waals surface area contributed by atoms with Gasteiger partial charge >= 0.3 is 0 Å². The van der Waals surface area contributed by atoms with Gasteiger partial charge in [-0.15, -0.1) is 0 Å². The van der Waals surface area contributed by atoms with Gasteiger partial charge in [-0.1, -0.05) is 67.3 Å². The van der Waals surface area contributed by atoms with Crippen molar-refractivity contribution >= 4 is 0 Å². The van der Waals surface area contributed by atoms with Gasteiger partial charge in [0, 0.05) is 41.5 Å². The number of hydrogen-bond donors (Lipinski definition) is 5. The number of methoxy groups -OCH3 is 1. The van der Waals surface area contributed by atoms with E-state index in [0.717, 1.165) is 48.8 Å². The van der Waals surface area contributed by atoms with Gasteiger partial charge in [-0.3, -0.25) is 0 Å². The molecule has 9 atom stereocenters. The van der Waals surface area contributed by atoms with Crippen LogP contribution >= 0.6 is 0 Å². The highest BCUT2D eigenvalue weighted by atomic mass is 16.5. The molecule has 272 valence electrons. The second-order valence-electron chi connectivity index (χ2n) is 15.9. The summed E-state index contributed by atoms with van der Waals surface area (Å²) in [5.74, 6) is 1.30. The predicted octanol–water partition coefficient (Wildman–Crippen LogP) is 7.66. The molecule has 8 rings (SSSR count). The van der Waals surface area contributed by atoms with Crippen molar-refractivity contribution in [3.8, 4) is 23.0 Å². The molecule has 1 aliphatic heterocycles. The third-order valence-corrected chi connectivity index (χ3v) is 12.9. The molecule has 2 aromatic carbocycles. The van der Waals surface area contributed by atoms with Gasteiger partial charge in [0.1, 0.15) is 5.75 Å². The number of fused-ring (bicyclic) bond motifs is 2. The number of aliphatic hydroxyl groups excluding tert-OH is 1. The summed E-state index contributed by atoms with van der Waals surface area (Å²) in [7, 11) is 1.48. The first-order chi connectivity index (χ1) is 24.9. The molecule has 51 heavy (non-hydrogen) atoms. The zero-order chi connectivity index (χ0) is 35.1. The number of phenols is 3. The van der Waals surface area contributed by atoms with Crippen LogP contribution in [0.15, 0.2) is 67.0 Å². The largest absolute Gasteiger partial charge is 0.670 e. The van der Waals surface area contributed by atoms with E-state index in [0.29, 0.717) is 48.1 Å². The molecule has 4 aliphatic carbocycles. The fourth-order valence-corrected chi connectivity index (χ4v) is 10.2. The Morgan fingerprint density at radius 2 is 1.76 bits per heavy atom. The van der Waals surface area contributed by atoms with Crippen molar-refractivity contribution in [2.24, 2.45) is 17.8 Å². The van der Waals surface area contributed by atoms with Gasteiger partial charge in [-0.2, -0.15) is 12.4 Å². The maximum atomic E-state index is 11.5. The summed E-state index contributed by atoms with van der Waals surface area (Å²) in [6.07, 6.45) is 24.0. The number of aromatic hydroxyl groups is 3. The summed E-state index contributed by atoms with van der Waals surface area (Å²) >= 11 is 0. The van der Waals surface area contributed by atoms with Crippen molar-refractivity contribution in [2.45, 2.75) is 119 Å². The van der Waals surface area contributed by atoms with Gasteiger partial charge in [0.05, 0.1) is 25.4 Å². The van der Waals surface area contributed by atoms with Crippen LogP contribution in [-0.4, -0.2) is 51.8 Å². The molecule has 0 amide bonds. The Bertz CT molecular complexity index is 1730. The van der Waals surface area contributed by atoms with E-state index >= 15 is 0 Å². The molecule has 1 saturated heterocycles. The first-order valence-electron chi connectivity index (χ1n) is 19.3. The highest BCUT2D eigenvalue weighted by molar-refractivity contribution is 5.59. The number of ether oxygens (including phenoxy) is 2. The molecular formula is C43H53N2O6-. The Morgan fingerprint density at radius 3 is 2.57 bits per heavy atom. The van der Waals surface area contributed by atoms with Crippen LogP contribution in [0.25, 0.3) is 0 Å². The van der Waals surface area contributed by atoms with Crippen LogP contribution in [0.3, 0.4) is 0 Å². The van der Waals surface area contributed by atoms with Gasteiger partial charge in [0.25, 0.3) is 0 Å². The van der Waals surface area contributed by atoms with Crippen LogP contribution in [0, 0.1) is 17.8 Å². The van der Waals surface area contributed by atoms with E-state index in [2.05, 4.69) is 46.7 Å². The van der Waals surface area contributed by atoms with E-state index in [1.807, 2.05) is 12.1 Å². The Hall–Kier alpha value is -3.72. The lowest BCUT2D eigenvalue weighted by Crippen LogP contribution is -2.44. The maximum absolute atomic E-state index is 11.5. The molecule has 3 aromatic rings. The number of aromatic nitrogens is 1. The molecule has 2 saturated carbocycles. The lowest BCUT2D eigenvalue weighted by molar-refractivity contribution is -0.154. The minimum atomic E-state index is -0.556. The monoisotopic (exact) mass is 693 g/mol. The molecule has 5 N–H and O–H groups in total. The Kier molecular flexibility index (Phi) is 9.92. The summed E-state index contributed by atoms with van der Waals surface area (Å²) in [6, 6.07) is 10.7. The molecule has 8 nitrogen and oxygen atoms in total. The first-order valence-corrected chi connectivity index (χ1v) is 19.3. The number of aliphatic hydroxyl groups is 1. The number of allylic oxidation sites excluding steroid dienone is 3. The molecule has 9 unspecified atom stereocenters. The molecule has 0 spiro atoms. The topological polar surface area (TPSA) is 126 Å². The highest BCUT2D eigenvalue weighted by Crippen LogP contribution is 2.51. The van der Waals surface area contributed by atoms with Crippen LogP contribution in [-0.2, 0) is 11.2 Å². The fourth-order valence-electron chi connectivity index (χ4n) is 10.2. The second kappa shape index (κ2) is 14.7. The maximum Gasteiger partial charge on any atom is 0.200 e. The van der Waals surface area contributed by atoms with E-state index in [9.17, 15) is 20.4 Å². The van der Waals surface area contributed by atoms with Crippen LogP contribution in [0.4, 0.5) is 0 Å². The third kappa shape index (κ3) is 6.95. The Balaban J connectivity index is 1.01. The van der Waals surface area contributed by atoms with Crippen molar-refractivity contribution in [1.82, 2.24) is 10.3 Å². The molecule has 0 bridgehead atoms. The van der Waals surface area contributed by atoms with Gasteiger partial charge < -0.3 is 40.2 Å². The summed E-state index contributed by atoms with van der Waals surface area (Å²) in [5.41, 5.74) is 4.60. The molecule has 0 radical (unpaired) electrons. The summed E-state index contributed by atoms with van der Waals surface area (Å²) in [6.45, 7) is 0. The van der Waals surface area contributed by atoms with Gasteiger partial charge in [0.2, 0.25) is 5.75 Å². The van der Waals surface area contributed by atoms with E-state index in [-0.39, 0.29) is 41.1 Å². The van der Waals surface area contributed by atoms with Gasteiger partial charge in [0.15, 0.2) is 11.5 Å². The normalized spacial score (nSPS) is 32.3. The standard InChI is InChI=1S/C43H53N2O6/c1-50-43-36(18-25-16-17-44-24-25)35(22-39(48)42(43)49)41-23-38(47)33-13-10-27(21-40(33)51-41)26-11-15-37(46)34(20-26)32-9-5-6-28-19-30(12-14-31(28)32)45-29-7-3-2-4-8-29/h5,9,11-12,14-17,20,22,24,27-33,38,40-41,45-49H,2-4,6-8,10,13,18-19,21,23H2,1H3/q-1. The van der Waals surface area contributed by atoms with Crippen LogP contribution in [0.2, 0.25) is 0 Å². The molecule has 5 aliphatic rings. The summed E-state index contributed by atoms with van der Waals surface area (Å²) in [4.78, 5) is 4.19. The second-order valence-corrected chi connectivity index (χ2v) is 15.9. The highest BCUT2D eigenvalue weighted by Gasteiger charge is 2.44. The van der Waals surface area contributed by atoms with Crippen molar-refractivity contribution in [3.63, 3.8) is 0 Å². The van der Waals surface area contributed by atoms with Crippen molar-refractivity contribution in [3.05, 3.63) is 94.8 Å². The van der Waals surface area contributed by atoms with Crippen molar-refractivity contribution in [2.75, 3.05) is 7.11 Å². The fraction of sp³-hybridized carbons (Fsp3) is 0.535. The molecular weight excluding hydrogens is 640 g/mol. The number of hydrogen-bond acceptors (Lipinski definition) is 7. The third-order valence-electron chi connectivity index (χ3n) is 12.9. The minimum absolute atomic E-state index is 0.0222. The molecule has 2 heterocycles. The molecule has 1 aromatic heterocycles. The average Bonchev–Trinajstić information content (AvgIpc) is 3.66. The smallest absolute Gasteiger partial charge is 0.200 e. The van der Waals surface area contributed by atoms with Gasteiger partial charge in [-0.05, 0) is 92.4 Å². The molecule has 3 fully saturated rings. The van der Waals surface area contributed by atoms with E-state index in [1.54, 1.807) is 18.5 Å². The number of nitrogens with zero attached hydrogens (tertiary/aromatic N) is 1. The lowest BCUT2D eigenvalue weighted by Gasteiger charge is -2.45. The molecule has 8 heteroatoms. The summed E-state index contributed by atoms with van der Waals surface area (Å²) < 4.78 is 12.5. The zero-order valence-corrected chi connectivity index (χ0v) is 29.7. The van der Waals surface area contributed by atoms with Crippen molar-refractivity contribution in [1.29, 1.82) is 0 Å². The van der Waals surface area contributed by atoms with Crippen molar-refractivity contribution < 1.29 is 29.9 Å². The average molecular weight is 694 g/mol.